The average molecular weight is 1160 g/mol. The Balaban J connectivity index is 0.000000348. The maximum Gasteiger partial charge on any atom is 0.416 e. The Hall–Kier alpha value is -3.14. The summed E-state index contributed by atoms with van der Waals surface area (Å²) in [6, 6.07) is 15.5. The van der Waals surface area contributed by atoms with Gasteiger partial charge in [-0.05, 0) is 73.9 Å². The van der Waals surface area contributed by atoms with Gasteiger partial charge in [0.15, 0.2) is 0 Å². The molecule has 2 amide bonds. The molecule has 3 aromatic rings. The van der Waals surface area contributed by atoms with E-state index in [1.165, 1.54) is 31.4 Å². The number of nitrogens with one attached hydrogen (secondary N) is 2. The van der Waals surface area contributed by atoms with E-state index in [-0.39, 0.29) is 69.3 Å². The van der Waals surface area contributed by atoms with Crippen molar-refractivity contribution in [3.05, 3.63) is 106 Å². The van der Waals surface area contributed by atoms with Crippen molar-refractivity contribution in [2.45, 2.75) is 89.5 Å². The molecule has 3 N–H and O–H groups in total. The van der Waals surface area contributed by atoms with Gasteiger partial charge in [-0.2, -0.15) is 43.7 Å². The molecule has 3 heterocycles. The minimum Gasteiger partial charge on any atom is -0.383 e. The number of nitrogens with zero attached hydrogens (tertiary/aromatic N) is 4. The van der Waals surface area contributed by atoms with Gasteiger partial charge in [0.1, 0.15) is 6.10 Å². The number of ether oxygens (including phenoxy) is 3. The Morgan fingerprint density at radius 2 is 1.01 bits per heavy atom. The van der Waals surface area contributed by atoms with E-state index in [0.717, 1.165) is 86.8 Å². The molecular formula is C49H69F9N6O8SY. The molecule has 74 heavy (non-hydrogen) atoms. The predicted molar refractivity (Wildman–Crippen MR) is 257 cm³/mol. The summed E-state index contributed by atoms with van der Waals surface area (Å²) in [4.78, 5) is 30.5. The van der Waals surface area contributed by atoms with Crippen molar-refractivity contribution < 1.29 is 109 Å². The van der Waals surface area contributed by atoms with Crippen LogP contribution in [0.3, 0.4) is 0 Å². The minimum absolute atomic E-state index is 0. The number of alkyl halides is 9. The molecule has 0 saturated carbocycles. The first-order valence-corrected chi connectivity index (χ1v) is 24.5. The smallest absolute Gasteiger partial charge is 0.383 e. The number of amides is 2. The maximum absolute atomic E-state index is 12.7. The quantitative estimate of drug-likeness (QED) is 0.113. The molecule has 0 spiro atoms. The van der Waals surface area contributed by atoms with Crippen LogP contribution in [0, 0.1) is 0 Å². The largest absolute Gasteiger partial charge is 0.416 e. The van der Waals surface area contributed by atoms with Gasteiger partial charge in [0.05, 0.1) is 48.6 Å². The van der Waals surface area contributed by atoms with Crippen molar-refractivity contribution in [2.24, 2.45) is 0 Å². The first-order valence-electron chi connectivity index (χ1n) is 23.4. The molecule has 415 valence electrons. The van der Waals surface area contributed by atoms with E-state index in [2.05, 4.69) is 38.5 Å². The molecule has 6 rings (SSSR count). The van der Waals surface area contributed by atoms with E-state index < -0.39 is 52.7 Å². The maximum atomic E-state index is 12.7. The molecular weight excluding hydrogens is 1090 g/mol. The van der Waals surface area contributed by atoms with Crippen LogP contribution in [0.15, 0.2) is 72.8 Å². The zero-order valence-corrected chi connectivity index (χ0v) is 46.5. The van der Waals surface area contributed by atoms with Gasteiger partial charge in [0.2, 0.25) is 11.8 Å². The summed E-state index contributed by atoms with van der Waals surface area (Å²) in [5.74, 6) is 0.229. The van der Waals surface area contributed by atoms with E-state index in [1.54, 1.807) is 45.1 Å². The number of carbonyl (C=O) groups is 2. The van der Waals surface area contributed by atoms with Gasteiger partial charge in [0.25, 0.3) is 0 Å². The average Bonchev–Trinajstić information content (AvgIpc) is 3.32. The second-order valence-corrected chi connectivity index (χ2v) is 18.3. The number of hydrogen-bond donors (Lipinski definition) is 3. The monoisotopic (exact) mass is 1160 g/mol. The number of hydrogen-bond acceptors (Lipinski definition) is 11. The number of carbonyl (C=O) groups excluding carboxylic acids is 2. The summed E-state index contributed by atoms with van der Waals surface area (Å²) in [7, 11) is 4.54. The van der Waals surface area contributed by atoms with Gasteiger partial charge in [-0.15, -0.1) is 0 Å². The van der Waals surface area contributed by atoms with E-state index in [9.17, 15) is 53.3 Å². The van der Waals surface area contributed by atoms with Crippen LogP contribution in [0.2, 0.25) is 0 Å². The molecule has 3 fully saturated rings. The van der Waals surface area contributed by atoms with E-state index in [0.29, 0.717) is 50.5 Å². The van der Waals surface area contributed by atoms with E-state index >= 15 is 0 Å². The van der Waals surface area contributed by atoms with Crippen LogP contribution in [0.1, 0.15) is 86.2 Å². The Morgan fingerprint density at radius 1 is 0.608 bits per heavy atom. The Kier molecular flexibility index (Phi) is 28.9. The Labute approximate surface area is 455 Å². The summed E-state index contributed by atoms with van der Waals surface area (Å²) in [5.41, 5.74) is -0.0981. The molecule has 1 unspecified atom stereocenters. The van der Waals surface area contributed by atoms with E-state index in [1.807, 2.05) is 11.8 Å². The fraction of sp³-hybridized carbons (Fsp3) is 0.592. The van der Waals surface area contributed by atoms with Crippen LogP contribution in [0.4, 0.5) is 39.5 Å². The second-order valence-electron chi connectivity index (χ2n) is 17.7. The van der Waals surface area contributed by atoms with Crippen LogP contribution in [0.5, 0.6) is 0 Å². The molecule has 1 radical (unpaired) electrons. The van der Waals surface area contributed by atoms with Gasteiger partial charge in [-0.25, -0.2) is 0 Å². The van der Waals surface area contributed by atoms with Crippen molar-refractivity contribution in [3.63, 3.8) is 0 Å². The van der Waals surface area contributed by atoms with Crippen molar-refractivity contribution in [1.82, 2.24) is 30.2 Å². The predicted octanol–water partition coefficient (Wildman–Crippen LogP) is 8.00. The number of piperazine rings is 3. The molecule has 25 heteroatoms. The first-order chi connectivity index (χ1) is 34.2. The first kappa shape index (κ1) is 67.0. The van der Waals surface area contributed by atoms with Gasteiger partial charge < -0.3 is 34.6 Å². The standard InChI is InChI=1S/C17H23F3N2O2.C15H21F3N2O.C10H11F3O4S.C7H14N2O.Y/c1-12-10-21(13(2)23)8-9-22(12)16(11-24-3)14-4-6-15(7-5-14)17(18,19)20;1-11-9-19-7-8-20(11)14(10-21-2)12-3-5-13(6-4-12)15(16,17)18;1-16-6-9(17-18(14)15)7-2-4-8(5-3-7)10(11,12)13;1-6-5-9(7(2)10)4-3-8-6;/h4-7,12,16H,8-11H2,1-3H3;3-6,11,14,19H,7-10H2,1-2H3;2-5,9H,6H2,1H3,(H,14,15);6,8H,3-5H2,1-2H3;/t12-,16-;11-,14-;9-;6-;/m0010./s1. The fourth-order valence-corrected chi connectivity index (χ4v) is 8.81. The normalized spacial score (nSPS) is 20.4. The summed E-state index contributed by atoms with van der Waals surface area (Å²) >= 11 is -2.52. The van der Waals surface area contributed by atoms with Crippen molar-refractivity contribution in [3.8, 4) is 0 Å². The number of halogens is 9. The fourth-order valence-electron chi connectivity index (χ4n) is 8.45. The third-order valence-corrected chi connectivity index (χ3v) is 12.7. The third kappa shape index (κ3) is 22.1. The third-order valence-electron chi connectivity index (χ3n) is 12.3. The number of rotatable bonds is 13. The van der Waals surface area contributed by atoms with Gasteiger partial charge in [0, 0.05) is 145 Å². The molecule has 3 aromatic carbocycles. The summed E-state index contributed by atoms with van der Waals surface area (Å²) in [6.45, 7) is 17.3. The Bertz CT molecular complexity index is 2130. The van der Waals surface area contributed by atoms with Crippen molar-refractivity contribution in [1.29, 1.82) is 0 Å². The number of benzene rings is 3. The van der Waals surface area contributed by atoms with Crippen LogP contribution in [-0.4, -0.2) is 158 Å². The summed E-state index contributed by atoms with van der Waals surface area (Å²) in [6.07, 6.45) is -14.0. The SMILES string of the molecule is CC(=O)N1CCN[C@@H](C)C1.COC[C@@H](OS(=O)O)c1ccc(C(F)(F)F)cc1.COC[C@@H](c1ccc(C(F)(F)F)cc1)N1CCN(C(C)=O)C[C@@H]1C.COC[C@@H](c1ccc(C(F)(F)F)cc1)N1CCNC[C@@H]1C.[Y]. The molecule has 3 saturated heterocycles. The molecule has 0 bridgehead atoms. The van der Waals surface area contributed by atoms with Crippen LogP contribution in [0.25, 0.3) is 0 Å². The van der Waals surface area contributed by atoms with Gasteiger partial charge >= 0.3 is 29.9 Å². The topological polar surface area (TPSA) is 145 Å². The Morgan fingerprint density at radius 3 is 1.35 bits per heavy atom. The number of methoxy groups -OCH3 is 3. The van der Waals surface area contributed by atoms with Gasteiger partial charge in [-0.1, -0.05) is 36.4 Å². The molecule has 14 nitrogen and oxygen atoms in total. The van der Waals surface area contributed by atoms with Crippen LogP contribution in [-0.2, 0) is 90.6 Å². The summed E-state index contributed by atoms with van der Waals surface area (Å²) in [5, 5.41) is 6.58. The summed E-state index contributed by atoms with van der Waals surface area (Å²) < 4.78 is 152. The zero-order valence-electron chi connectivity index (χ0n) is 42.9. The molecule has 3 aliphatic heterocycles. The minimum atomic E-state index is -4.42. The zero-order chi connectivity index (χ0) is 54.7. The van der Waals surface area contributed by atoms with Crippen LogP contribution < -0.4 is 10.6 Å². The molecule has 3 aliphatic rings. The molecule has 0 aromatic heterocycles. The van der Waals surface area contributed by atoms with Crippen molar-refractivity contribution in [2.75, 3.05) is 100 Å². The van der Waals surface area contributed by atoms with Crippen LogP contribution >= 0.6 is 0 Å². The molecule has 0 aliphatic carbocycles. The second kappa shape index (κ2) is 31.9. The van der Waals surface area contributed by atoms with Gasteiger partial charge in [-0.3, -0.25) is 28.1 Å². The molecule has 7 atom stereocenters. The van der Waals surface area contributed by atoms with E-state index in [4.69, 9.17) is 18.8 Å². The van der Waals surface area contributed by atoms with Crippen molar-refractivity contribution >= 4 is 23.2 Å².